The highest BCUT2D eigenvalue weighted by Crippen LogP contribution is 2.22. The van der Waals surface area contributed by atoms with Crippen LogP contribution in [0.2, 0.25) is 0 Å². The van der Waals surface area contributed by atoms with Crippen LogP contribution in [0.25, 0.3) is 0 Å². The van der Waals surface area contributed by atoms with E-state index in [2.05, 4.69) is 30.2 Å². The van der Waals surface area contributed by atoms with Crippen LogP contribution in [-0.4, -0.2) is 41.9 Å². The lowest BCUT2D eigenvalue weighted by atomic mass is 10.1. The van der Waals surface area contributed by atoms with E-state index in [9.17, 15) is 0 Å². The molecule has 0 aliphatic rings. The molecule has 1 heterocycles. The first-order valence-corrected chi connectivity index (χ1v) is 7.43. The van der Waals surface area contributed by atoms with Gasteiger partial charge in [-0.3, -0.25) is 4.68 Å². The number of nitrogens with two attached hydrogens (primary N) is 1. The molecule has 4 nitrogen and oxygen atoms in total. The molecule has 17 heavy (non-hydrogen) atoms. The SMILES string of the molecule is CSCCCN(C)c1c(CCN)c(C)nn1C. The number of hydrogen-bond donors (Lipinski definition) is 1. The van der Waals surface area contributed by atoms with E-state index in [4.69, 9.17) is 5.73 Å². The second kappa shape index (κ2) is 6.91. The van der Waals surface area contributed by atoms with E-state index in [1.165, 1.54) is 23.6 Å². The largest absolute Gasteiger partial charge is 0.360 e. The summed E-state index contributed by atoms with van der Waals surface area (Å²) in [5, 5.41) is 4.49. The number of aryl methyl sites for hydroxylation is 2. The molecule has 1 aromatic rings. The Balaban J connectivity index is 2.79. The minimum Gasteiger partial charge on any atom is -0.360 e. The smallest absolute Gasteiger partial charge is 0.129 e. The van der Waals surface area contributed by atoms with Crippen molar-refractivity contribution in [3.05, 3.63) is 11.3 Å². The molecular formula is C12H24N4S. The van der Waals surface area contributed by atoms with Crippen LogP contribution >= 0.6 is 11.8 Å². The number of aromatic nitrogens is 2. The molecule has 0 bridgehead atoms. The van der Waals surface area contributed by atoms with Crippen molar-refractivity contribution in [3.8, 4) is 0 Å². The Labute approximate surface area is 109 Å². The van der Waals surface area contributed by atoms with Gasteiger partial charge in [0.25, 0.3) is 0 Å². The van der Waals surface area contributed by atoms with E-state index in [-0.39, 0.29) is 0 Å². The number of nitrogens with zero attached hydrogens (tertiary/aromatic N) is 3. The fourth-order valence-electron chi connectivity index (χ4n) is 2.16. The van der Waals surface area contributed by atoms with Gasteiger partial charge in [-0.15, -0.1) is 0 Å². The molecule has 0 fully saturated rings. The van der Waals surface area contributed by atoms with Gasteiger partial charge in [0.2, 0.25) is 0 Å². The van der Waals surface area contributed by atoms with Crippen molar-refractivity contribution in [2.75, 3.05) is 37.0 Å². The second-order valence-corrected chi connectivity index (χ2v) is 5.30. The lowest BCUT2D eigenvalue weighted by Gasteiger charge is -2.20. The van der Waals surface area contributed by atoms with Crippen LogP contribution in [-0.2, 0) is 13.5 Å². The van der Waals surface area contributed by atoms with Crippen LogP contribution in [0.3, 0.4) is 0 Å². The zero-order valence-electron chi connectivity index (χ0n) is 11.4. The van der Waals surface area contributed by atoms with Gasteiger partial charge in [0.15, 0.2) is 0 Å². The highest BCUT2D eigenvalue weighted by atomic mass is 32.2. The van der Waals surface area contributed by atoms with Crippen molar-refractivity contribution in [2.24, 2.45) is 12.8 Å². The Kier molecular flexibility index (Phi) is 5.85. The molecule has 2 N–H and O–H groups in total. The Hall–Kier alpha value is -0.680. The van der Waals surface area contributed by atoms with E-state index in [1.54, 1.807) is 0 Å². The average Bonchev–Trinajstić information content (AvgIpc) is 2.55. The van der Waals surface area contributed by atoms with Crippen LogP contribution in [0.4, 0.5) is 5.82 Å². The molecule has 0 atom stereocenters. The minimum absolute atomic E-state index is 0.679. The van der Waals surface area contributed by atoms with Gasteiger partial charge in [0.05, 0.1) is 5.69 Å². The van der Waals surface area contributed by atoms with Crippen molar-refractivity contribution in [3.63, 3.8) is 0 Å². The van der Waals surface area contributed by atoms with Gasteiger partial charge >= 0.3 is 0 Å². The molecule has 0 aliphatic heterocycles. The summed E-state index contributed by atoms with van der Waals surface area (Å²) in [6, 6.07) is 0. The van der Waals surface area contributed by atoms with Gasteiger partial charge in [-0.25, -0.2) is 0 Å². The van der Waals surface area contributed by atoms with Gasteiger partial charge in [0.1, 0.15) is 5.82 Å². The van der Waals surface area contributed by atoms with E-state index in [0.717, 1.165) is 18.7 Å². The van der Waals surface area contributed by atoms with E-state index >= 15 is 0 Å². The summed E-state index contributed by atoms with van der Waals surface area (Å²) >= 11 is 1.89. The van der Waals surface area contributed by atoms with Crippen molar-refractivity contribution < 1.29 is 0 Å². The fourth-order valence-corrected chi connectivity index (χ4v) is 2.57. The third kappa shape index (κ3) is 3.64. The van der Waals surface area contributed by atoms with Crippen LogP contribution in [0.5, 0.6) is 0 Å². The average molecular weight is 256 g/mol. The quantitative estimate of drug-likeness (QED) is 0.750. The first kappa shape index (κ1) is 14.4. The first-order valence-electron chi connectivity index (χ1n) is 6.04. The molecule has 0 saturated heterocycles. The number of thioether (sulfide) groups is 1. The molecule has 0 saturated carbocycles. The molecule has 1 aromatic heterocycles. The van der Waals surface area contributed by atoms with Crippen LogP contribution in [0.15, 0.2) is 0 Å². The molecule has 0 aliphatic carbocycles. The Morgan fingerprint density at radius 3 is 2.76 bits per heavy atom. The third-order valence-electron chi connectivity index (χ3n) is 2.91. The predicted molar refractivity (Wildman–Crippen MR) is 77.0 cm³/mol. The molecule has 0 spiro atoms. The van der Waals surface area contributed by atoms with Crippen LogP contribution < -0.4 is 10.6 Å². The maximum Gasteiger partial charge on any atom is 0.129 e. The van der Waals surface area contributed by atoms with Crippen molar-refractivity contribution in [2.45, 2.75) is 19.8 Å². The number of anilines is 1. The highest BCUT2D eigenvalue weighted by molar-refractivity contribution is 7.98. The summed E-state index contributed by atoms with van der Waals surface area (Å²) in [5.41, 5.74) is 8.07. The maximum atomic E-state index is 5.67. The maximum absolute atomic E-state index is 5.67. The van der Waals surface area contributed by atoms with Crippen molar-refractivity contribution in [1.29, 1.82) is 0 Å². The topological polar surface area (TPSA) is 47.1 Å². The van der Waals surface area contributed by atoms with E-state index in [1.807, 2.05) is 23.5 Å². The van der Waals surface area contributed by atoms with Gasteiger partial charge in [-0.05, 0) is 38.3 Å². The lowest BCUT2D eigenvalue weighted by Crippen LogP contribution is -2.23. The summed E-state index contributed by atoms with van der Waals surface area (Å²) in [6.07, 6.45) is 4.25. The normalized spacial score (nSPS) is 10.9. The monoisotopic (exact) mass is 256 g/mol. The van der Waals surface area contributed by atoms with Gasteiger partial charge in [-0.1, -0.05) is 0 Å². The molecular weight excluding hydrogens is 232 g/mol. The van der Waals surface area contributed by atoms with Crippen molar-refractivity contribution in [1.82, 2.24) is 9.78 Å². The van der Waals surface area contributed by atoms with Crippen LogP contribution in [0.1, 0.15) is 17.7 Å². The molecule has 0 aromatic carbocycles. The Bertz CT molecular complexity index is 349. The van der Waals surface area contributed by atoms with Crippen LogP contribution in [0, 0.1) is 6.92 Å². The zero-order valence-corrected chi connectivity index (χ0v) is 12.2. The lowest BCUT2D eigenvalue weighted by molar-refractivity contribution is 0.720. The Morgan fingerprint density at radius 1 is 1.47 bits per heavy atom. The zero-order chi connectivity index (χ0) is 12.8. The summed E-state index contributed by atoms with van der Waals surface area (Å²) < 4.78 is 1.97. The summed E-state index contributed by atoms with van der Waals surface area (Å²) in [6.45, 7) is 3.81. The highest BCUT2D eigenvalue weighted by Gasteiger charge is 2.15. The molecule has 0 radical (unpaired) electrons. The first-order chi connectivity index (χ1) is 8.11. The number of hydrogen-bond acceptors (Lipinski definition) is 4. The molecule has 5 heteroatoms. The van der Waals surface area contributed by atoms with E-state index in [0.29, 0.717) is 6.54 Å². The third-order valence-corrected chi connectivity index (χ3v) is 3.61. The van der Waals surface area contributed by atoms with Gasteiger partial charge in [-0.2, -0.15) is 16.9 Å². The summed E-state index contributed by atoms with van der Waals surface area (Å²) in [7, 11) is 4.14. The molecule has 1 rings (SSSR count). The van der Waals surface area contributed by atoms with Gasteiger partial charge < -0.3 is 10.6 Å². The predicted octanol–water partition coefficient (Wildman–Crippen LogP) is 1.42. The summed E-state index contributed by atoms with van der Waals surface area (Å²) in [4.78, 5) is 2.29. The molecule has 0 unspecified atom stereocenters. The van der Waals surface area contributed by atoms with E-state index < -0.39 is 0 Å². The fraction of sp³-hybridized carbons (Fsp3) is 0.750. The molecule has 0 amide bonds. The second-order valence-electron chi connectivity index (χ2n) is 4.32. The van der Waals surface area contributed by atoms with Crippen molar-refractivity contribution >= 4 is 17.6 Å². The summed E-state index contributed by atoms with van der Waals surface area (Å²) in [5.74, 6) is 2.42. The Morgan fingerprint density at radius 2 is 2.18 bits per heavy atom. The standard InChI is InChI=1S/C12H24N4S/c1-10-11(6-7-13)12(16(3)14-10)15(2)8-5-9-17-4/h5-9,13H2,1-4H3. The molecule has 98 valence electrons. The number of rotatable bonds is 7. The minimum atomic E-state index is 0.679. The van der Waals surface area contributed by atoms with Gasteiger partial charge in [0, 0.05) is 26.2 Å².